The fourth-order valence-electron chi connectivity index (χ4n) is 4.73. The lowest BCUT2D eigenvalue weighted by molar-refractivity contribution is 0.0180. The molecule has 0 spiro atoms. The lowest BCUT2D eigenvalue weighted by Gasteiger charge is -2.27. The van der Waals surface area contributed by atoms with Crippen LogP contribution in [0, 0.1) is 0 Å². The first-order valence-electron chi connectivity index (χ1n) is 13.2. The molecule has 0 amide bonds. The van der Waals surface area contributed by atoms with Gasteiger partial charge in [-0.15, -0.1) is 0 Å². The summed E-state index contributed by atoms with van der Waals surface area (Å²) >= 11 is 0. The highest BCUT2D eigenvalue weighted by Crippen LogP contribution is 2.24. The van der Waals surface area contributed by atoms with E-state index in [0.29, 0.717) is 6.61 Å². The topological polar surface area (TPSA) is 52.0 Å². The van der Waals surface area contributed by atoms with Crippen LogP contribution in [-0.2, 0) is 29.2 Å². The molecule has 38 heavy (non-hydrogen) atoms. The Morgan fingerprint density at radius 1 is 0.895 bits per heavy atom. The quantitative estimate of drug-likeness (QED) is 0.251. The third-order valence-corrected chi connectivity index (χ3v) is 6.79. The number of hydrogen-bond donors (Lipinski definition) is 0. The summed E-state index contributed by atoms with van der Waals surface area (Å²) in [7, 11) is 1.71. The number of imidazole rings is 1. The van der Waals surface area contributed by atoms with E-state index in [1.54, 1.807) is 13.3 Å². The summed E-state index contributed by atoms with van der Waals surface area (Å²) in [5.41, 5.74) is 5.86. The Labute approximate surface area is 225 Å². The molecule has 7 heteroatoms. The molecular weight excluding hydrogens is 476 g/mol. The number of methoxy groups -OCH3 is 1. The van der Waals surface area contributed by atoms with E-state index < -0.39 is 0 Å². The summed E-state index contributed by atoms with van der Waals surface area (Å²) in [4.78, 5) is 8.99. The highest BCUT2D eigenvalue weighted by molar-refractivity contribution is 5.50. The lowest BCUT2D eigenvalue weighted by Crippen LogP contribution is -2.38. The molecule has 5 rings (SSSR count). The van der Waals surface area contributed by atoms with Crippen molar-refractivity contribution in [1.29, 1.82) is 0 Å². The van der Waals surface area contributed by atoms with Gasteiger partial charge in [0.2, 0.25) is 0 Å². The molecule has 2 heterocycles. The van der Waals surface area contributed by atoms with Gasteiger partial charge in [-0.05, 0) is 53.1 Å². The number of aromatic nitrogens is 2. The molecule has 4 aromatic rings. The summed E-state index contributed by atoms with van der Waals surface area (Å²) in [6.45, 7) is 7.39. The second-order valence-corrected chi connectivity index (χ2v) is 9.52. The number of ether oxygens (including phenoxy) is 3. The Kier molecular flexibility index (Phi) is 9.05. The Bertz CT molecular complexity index is 1270. The largest absolute Gasteiger partial charge is 0.497 e. The fraction of sp³-hybridized carbons (Fsp3) is 0.323. The van der Waals surface area contributed by atoms with E-state index in [4.69, 9.17) is 14.2 Å². The van der Waals surface area contributed by atoms with E-state index in [2.05, 4.69) is 75.4 Å². The smallest absolute Gasteiger partial charge is 0.119 e. The first kappa shape index (κ1) is 26.0. The molecule has 0 unspecified atom stereocenters. The molecule has 0 N–H and O–H groups in total. The van der Waals surface area contributed by atoms with Crippen molar-refractivity contribution in [3.05, 3.63) is 108 Å². The van der Waals surface area contributed by atoms with Crippen LogP contribution >= 0.6 is 0 Å². The SMILES string of the molecule is COc1cccc(CN(Cc2cccc(-n3ccnc3)c2)c2cccc(COCCN3CCOCC3)c2)c1. The van der Waals surface area contributed by atoms with Gasteiger partial charge in [-0.3, -0.25) is 4.90 Å². The minimum atomic E-state index is 0.599. The van der Waals surface area contributed by atoms with E-state index >= 15 is 0 Å². The van der Waals surface area contributed by atoms with Gasteiger partial charge in [-0.25, -0.2) is 4.98 Å². The van der Waals surface area contributed by atoms with Crippen LogP contribution in [-0.4, -0.2) is 61.0 Å². The predicted molar refractivity (Wildman–Crippen MR) is 150 cm³/mol. The van der Waals surface area contributed by atoms with Gasteiger partial charge in [0.25, 0.3) is 0 Å². The van der Waals surface area contributed by atoms with Crippen molar-refractivity contribution in [1.82, 2.24) is 14.5 Å². The van der Waals surface area contributed by atoms with Crippen LogP contribution in [0.25, 0.3) is 5.69 Å². The van der Waals surface area contributed by atoms with Crippen molar-refractivity contribution in [2.75, 3.05) is 51.5 Å². The minimum absolute atomic E-state index is 0.599. The molecule has 0 atom stereocenters. The van der Waals surface area contributed by atoms with Crippen LogP contribution in [0.15, 0.2) is 91.5 Å². The molecule has 1 fully saturated rings. The Morgan fingerprint density at radius 3 is 2.45 bits per heavy atom. The van der Waals surface area contributed by atoms with Gasteiger partial charge in [0.15, 0.2) is 0 Å². The van der Waals surface area contributed by atoms with Crippen LogP contribution in [0.1, 0.15) is 16.7 Å². The first-order valence-corrected chi connectivity index (χ1v) is 13.2. The molecule has 1 aliphatic heterocycles. The molecule has 1 aromatic heterocycles. The van der Waals surface area contributed by atoms with Crippen molar-refractivity contribution in [3.63, 3.8) is 0 Å². The summed E-state index contributed by atoms with van der Waals surface area (Å²) in [6.07, 6.45) is 5.60. The average molecular weight is 513 g/mol. The molecular formula is C31H36N4O3. The van der Waals surface area contributed by atoms with Gasteiger partial charge in [-0.1, -0.05) is 36.4 Å². The van der Waals surface area contributed by atoms with E-state index in [0.717, 1.165) is 69.7 Å². The maximum absolute atomic E-state index is 6.05. The average Bonchev–Trinajstić information content (AvgIpc) is 3.51. The molecule has 1 aliphatic rings. The zero-order valence-corrected chi connectivity index (χ0v) is 22.0. The van der Waals surface area contributed by atoms with Crippen LogP contribution < -0.4 is 9.64 Å². The third kappa shape index (κ3) is 7.22. The standard InChI is InChI=1S/C31H36N4O3/c1-36-31-10-4-6-27(21-31)23-35(22-26-5-2-8-29(19-26)34-12-11-32-25-34)30-9-3-7-28(20-30)24-38-18-15-33-13-16-37-17-14-33/h2-12,19-21,25H,13-18,22-24H2,1H3. The van der Waals surface area contributed by atoms with Crippen LogP contribution in [0.3, 0.4) is 0 Å². The van der Waals surface area contributed by atoms with Crippen LogP contribution in [0.5, 0.6) is 5.75 Å². The maximum Gasteiger partial charge on any atom is 0.119 e. The lowest BCUT2D eigenvalue weighted by atomic mass is 10.1. The van der Waals surface area contributed by atoms with Crippen LogP contribution in [0.2, 0.25) is 0 Å². The summed E-state index contributed by atoms with van der Waals surface area (Å²) in [5.74, 6) is 0.868. The second kappa shape index (κ2) is 13.2. The number of nitrogens with zero attached hydrogens (tertiary/aromatic N) is 4. The van der Waals surface area contributed by atoms with Gasteiger partial charge >= 0.3 is 0 Å². The van der Waals surface area contributed by atoms with E-state index in [-0.39, 0.29) is 0 Å². The van der Waals surface area contributed by atoms with Crippen molar-refractivity contribution >= 4 is 5.69 Å². The van der Waals surface area contributed by atoms with Crippen molar-refractivity contribution in [2.45, 2.75) is 19.7 Å². The molecule has 0 saturated carbocycles. The molecule has 7 nitrogen and oxygen atoms in total. The Morgan fingerprint density at radius 2 is 1.66 bits per heavy atom. The summed E-state index contributed by atoms with van der Waals surface area (Å²) < 4.78 is 19.0. The number of anilines is 1. The number of benzene rings is 3. The zero-order chi connectivity index (χ0) is 26.0. The summed E-state index contributed by atoms with van der Waals surface area (Å²) in [5, 5.41) is 0. The van der Waals surface area contributed by atoms with Crippen molar-refractivity contribution in [2.24, 2.45) is 0 Å². The van der Waals surface area contributed by atoms with E-state index in [1.165, 1.54) is 16.7 Å². The third-order valence-electron chi connectivity index (χ3n) is 6.79. The van der Waals surface area contributed by atoms with Gasteiger partial charge < -0.3 is 23.7 Å². The Balaban J connectivity index is 1.31. The highest BCUT2D eigenvalue weighted by Gasteiger charge is 2.12. The Hall–Kier alpha value is -3.65. The molecule has 1 saturated heterocycles. The molecule has 0 radical (unpaired) electrons. The molecule has 198 valence electrons. The zero-order valence-electron chi connectivity index (χ0n) is 22.0. The monoisotopic (exact) mass is 512 g/mol. The maximum atomic E-state index is 6.05. The van der Waals surface area contributed by atoms with E-state index in [9.17, 15) is 0 Å². The first-order chi connectivity index (χ1) is 18.8. The summed E-state index contributed by atoms with van der Waals surface area (Å²) in [6, 6.07) is 25.6. The number of rotatable bonds is 12. The number of hydrogen-bond acceptors (Lipinski definition) is 6. The second-order valence-electron chi connectivity index (χ2n) is 9.52. The van der Waals surface area contributed by atoms with Gasteiger partial charge in [0.05, 0.1) is 39.9 Å². The van der Waals surface area contributed by atoms with Gasteiger partial charge in [0, 0.05) is 56.5 Å². The molecule has 0 aliphatic carbocycles. The predicted octanol–water partition coefficient (Wildman–Crippen LogP) is 4.94. The number of morpholine rings is 1. The highest BCUT2D eigenvalue weighted by atomic mass is 16.5. The van der Waals surface area contributed by atoms with Crippen LogP contribution in [0.4, 0.5) is 5.69 Å². The van der Waals surface area contributed by atoms with Crippen molar-refractivity contribution in [3.8, 4) is 11.4 Å². The molecule has 0 bridgehead atoms. The van der Waals surface area contributed by atoms with Crippen molar-refractivity contribution < 1.29 is 14.2 Å². The van der Waals surface area contributed by atoms with Gasteiger partial charge in [0.1, 0.15) is 5.75 Å². The minimum Gasteiger partial charge on any atom is -0.497 e. The van der Waals surface area contributed by atoms with E-state index in [1.807, 2.05) is 29.2 Å². The normalized spacial score (nSPS) is 13.9. The molecule has 3 aromatic carbocycles. The van der Waals surface area contributed by atoms with Gasteiger partial charge in [-0.2, -0.15) is 0 Å². The fourth-order valence-corrected chi connectivity index (χ4v) is 4.73.